The Balaban J connectivity index is 1.53. The summed E-state index contributed by atoms with van der Waals surface area (Å²) < 4.78 is -0.719. The number of carbonyl (C=O) groups excluding carboxylic acids is 2. The predicted molar refractivity (Wildman–Crippen MR) is 130 cm³/mol. The fourth-order valence-corrected chi connectivity index (χ4v) is 6.47. The summed E-state index contributed by atoms with van der Waals surface area (Å²) in [7, 11) is 0. The Labute approximate surface area is 212 Å². The number of carboxylic acid groups (broad SMARTS) is 1. The fourth-order valence-electron chi connectivity index (χ4n) is 3.79. The van der Waals surface area contributed by atoms with Crippen LogP contribution in [0.15, 0.2) is 28.7 Å². The molecule has 0 bridgehead atoms. The minimum atomic E-state index is -1.09. The third kappa shape index (κ3) is 4.42. The molecule has 3 heterocycles. The lowest BCUT2D eigenvalue weighted by atomic mass is 9.96. The van der Waals surface area contributed by atoms with Gasteiger partial charge in [0.15, 0.2) is 10.8 Å². The number of β-lactam (4-membered cyclic amide) rings is 1. The number of carbonyl (C=O) groups is 3. The highest BCUT2D eigenvalue weighted by Crippen LogP contribution is 2.50. The number of thiazole rings is 1. The predicted octanol–water partition coefficient (Wildman–Crippen LogP) is 2.58. The Hall–Kier alpha value is -2.54. The van der Waals surface area contributed by atoms with Gasteiger partial charge in [-0.1, -0.05) is 34.4 Å². The summed E-state index contributed by atoms with van der Waals surface area (Å²) in [5, 5.41) is 18.1. The topological polar surface area (TPSA) is 147 Å². The number of halogens is 2. The van der Waals surface area contributed by atoms with Crippen LogP contribution >= 0.6 is 46.3 Å². The van der Waals surface area contributed by atoms with Crippen molar-refractivity contribution < 1.29 is 24.3 Å². The SMILES string of the molecule is CC1(C)S[C@@H]2[C@@H](NC(=O)/C(=N\OCc3c(Cl)cccc3Cl)c3csc(N)n3)C(=O)N2[C@H]1C(=O)O. The van der Waals surface area contributed by atoms with Gasteiger partial charge in [-0.3, -0.25) is 9.59 Å². The molecule has 10 nitrogen and oxygen atoms in total. The average molecular weight is 544 g/mol. The van der Waals surface area contributed by atoms with Crippen molar-refractivity contribution in [2.45, 2.75) is 42.7 Å². The molecule has 2 aromatic rings. The largest absolute Gasteiger partial charge is 0.480 e. The van der Waals surface area contributed by atoms with Crippen LogP contribution in [0.2, 0.25) is 10.0 Å². The van der Waals surface area contributed by atoms with E-state index in [1.165, 1.54) is 22.0 Å². The number of amides is 2. The summed E-state index contributed by atoms with van der Waals surface area (Å²) in [6, 6.07) is 3.07. The minimum Gasteiger partial charge on any atom is -0.480 e. The Morgan fingerprint density at radius 3 is 2.62 bits per heavy atom. The van der Waals surface area contributed by atoms with Crippen molar-refractivity contribution >= 4 is 74.9 Å². The first-order valence-corrected chi connectivity index (χ1v) is 12.4. The van der Waals surface area contributed by atoms with E-state index in [4.69, 9.17) is 33.8 Å². The average Bonchev–Trinajstić information content (AvgIpc) is 3.29. The molecular formula is C20H19Cl2N5O5S2. The summed E-state index contributed by atoms with van der Waals surface area (Å²) in [5.74, 6) is -2.29. The van der Waals surface area contributed by atoms with Crippen LogP contribution in [0.5, 0.6) is 0 Å². The van der Waals surface area contributed by atoms with E-state index < -0.39 is 40.0 Å². The molecule has 2 fully saturated rings. The Morgan fingerprint density at radius 2 is 2.03 bits per heavy atom. The Kier molecular flexibility index (Phi) is 6.69. The summed E-state index contributed by atoms with van der Waals surface area (Å²) in [6.07, 6.45) is 0. The lowest BCUT2D eigenvalue weighted by Crippen LogP contribution is -2.71. The normalized spacial score (nSPS) is 23.3. The maximum Gasteiger partial charge on any atom is 0.327 e. The Bertz CT molecular complexity index is 1180. The number of nitrogens with two attached hydrogens (primary N) is 1. The van der Waals surface area contributed by atoms with Crippen molar-refractivity contribution in [1.29, 1.82) is 0 Å². The smallest absolute Gasteiger partial charge is 0.327 e. The van der Waals surface area contributed by atoms with Crippen LogP contribution in [-0.2, 0) is 25.8 Å². The van der Waals surface area contributed by atoms with Crippen molar-refractivity contribution in [3.8, 4) is 0 Å². The number of fused-ring (bicyclic) bond motifs is 1. The first-order valence-electron chi connectivity index (χ1n) is 9.89. The standard InChI is InChI=1S/C20H19Cl2N5O5S2/c1-20(2)14(18(30)31)27-16(29)13(17(27)34-20)25-15(28)12(11-7-33-19(23)24-11)26-32-6-8-9(21)4-3-5-10(8)22/h3-5,7,13-14,17H,6H2,1-2H3,(H2,23,24)(H,25,28)(H,30,31)/b26-12-/t13-,14-,17+/m0/s1. The van der Waals surface area contributed by atoms with Gasteiger partial charge >= 0.3 is 5.97 Å². The number of aromatic nitrogens is 1. The zero-order valence-corrected chi connectivity index (χ0v) is 21.0. The fraction of sp³-hybridized carbons (Fsp3) is 0.350. The first kappa shape index (κ1) is 24.6. The summed E-state index contributed by atoms with van der Waals surface area (Å²) >= 11 is 14.7. The maximum atomic E-state index is 13.1. The number of anilines is 1. The number of nitrogen functional groups attached to an aromatic ring is 1. The molecule has 4 N–H and O–H groups in total. The number of hydrogen-bond acceptors (Lipinski definition) is 9. The highest BCUT2D eigenvalue weighted by atomic mass is 35.5. The second kappa shape index (κ2) is 9.25. The number of oxime groups is 1. The second-order valence-electron chi connectivity index (χ2n) is 8.03. The van der Waals surface area contributed by atoms with E-state index in [1.807, 2.05) is 0 Å². The maximum absolute atomic E-state index is 13.1. The molecular weight excluding hydrogens is 525 g/mol. The van der Waals surface area contributed by atoms with Crippen LogP contribution < -0.4 is 11.1 Å². The van der Waals surface area contributed by atoms with Crippen molar-refractivity contribution in [3.05, 3.63) is 44.9 Å². The highest BCUT2D eigenvalue weighted by molar-refractivity contribution is 8.01. The van der Waals surface area contributed by atoms with Gasteiger partial charge in [0.05, 0.1) is 0 Å². The molecule has 0 aliphatic carbocycles. The van der Waals surface area contributed by atoms with E-state index in [0.717, 1.165) is 11.3 Å². The summed E-state index contributed by atoms with van der Waals surface area (Å²) in [4.78, 5) is 48.2. The number of nitrogens with zero attached hydrogens (tertiary/aromatic N) is 3. The van der Waals surface area contributed by atoms with Crippen LogP contribution in [0.25, 0.3) is 0 Å². The van der Waals surface area contributed by atoms with Crippen molar-refractivity contribution in [2.24, 2.45) is 5.16 Å². The van der Waals surface area contributed by atoms with Crippen molar-refractivity contribution in [2.75, 3.05) is 5.73 Å². The Morgan fingerprint density at radius 1 is 1.35 bits per heavy atom. The van der Waals surface area contributed by atoms with Gasteiger partial charge in [0.2, 0.25) is 5.91 Å². The zero-order valence-electron chi connectivity index (χ0n) is 17.8. The number of benzene rings is 1. The molecule has 0 radical (unpaired) electrons. The highest BCUT2D eigenvalue weighted by Gasteiger charge is 2.64. The number of hydrogen-bond donors (Lipinski definition) is 3. The molecule has 2 aliphatic rings. The summed E-state index contributed by atoms with van der Waals surface area (Å²) in [6.45, 7) is 3.39. The molecule has 2 aliphatic heterocycles. The number of rotatable bonds is 7. The van der Waals surface area contributed by atoms with Crippen LogP contribution in [0.3, 0.4) is 0 Å². The molecule has 3 atom stereocenters. The second-order valence-corrected chi connectivity index (χ2v) is 11.5. The third-order valence-corrected chi connectivity index (χ3v) is 8.32. The molecule has 0 saturated carbocycles. The van der Waals surface area contributed by atoms with Gasteiger partial charge < -0.3 is 25.9 Å². The van der Waals surface area contributed by atoms with E-state index in [9.17, 15) is 19.5 Å². The molecule has 1 aromatic heterocycles. The van der Waals surface area contributed by atoms with Gasteiger partial charge in [-0.15, -0.1) is 23.1 Å². The zero-order chi connectivity index (χ0) is 24.8. The number of carboxylic acids is 1. The number of nitrogens with one attached hydrogen (secondary N) is 1. The lowest BCUT2D eigenvalue weighted by molar-refractivity contribution is -0.160. The third-order valence-electron chi connectivity index (χ3n) is 5.37. The first-order chi connectivity index (χ1) is 16.0. The molecule has 1 aromatic carbocycles. The van der Waals surface area contributed by atoms with Gasteiger partial charge in [0.1, 0.15) is 29.8 Å². The number of thioether (sulfide) groups is 1. The molecule has 0 unspecified atom stereocenters. The van der Waals surface area contributed by atoms with E-state index in [0.29, 0.717) is 15.6 Å². The van der Waals surface area contributed by atoms with E-state index in [2.05, 4.69) is 15.5 Å². The van der Waals surface area contributed by atoms with Crippen molar-refractivity contribution in [1.82, 2.24) is 15.2 Å². The van der Waals surface area contributed by atoms with Gasteiger partial charge in [-0.2, -0.15) is 0 Å². The van der Waals surface area contributed by atoms with E-state index in [-0.39, 0.29) is 23.1 Å². The van der Waals surface area contributed by atoms with Crippen molar-refractivity contribution in [3.63, 3.8) is 0 Å². The molecule has 2 amide bonds. The van der Waals surface area contributed by atoms with Gasteiger partial charge in [0.25, 0.3) is 5.91 Å². The number of aliphatic carboxylic acids is 1. The van der Waals surface area contributed by atoms with Crippen LogP contribution in [-0.4, -0.2) is 60.7 Å². The van der Waals surface area contributed by atoms with E-state index in [1.54, 1.807) is 32.0 Å². The van der Waals surface area contributed by atoms with Gasteiger partial charge in [-0.25, -0.2) is 9.78 Å². The van der Waals surface area contributed by atoms with Crippen LogP contribution in [0, 0.1) is 0 Å². The lowest BCUT2D eigenvalue weighted by Gasteiger charge is -2.43. The monoisotopic (exact) mass is 543 g/mol. The molecule has 14 heteroatoms. The molecule has 0 spiro atoms. The van der Waals surface area contributed by atoms with Gasteiger partial charge in [0, 0.05) is 25.7 Å². The van der Waals surface area contributed by atoms with Gasteiger partial charge in [-0.05, 0) is 26.0 Å². The van der Waals surface area contributed by atoms with Crippen LogP contribution in [0.1, 0.15) is 25.1 Å². The minimum absolute atomic E-state index is 0.113. The molecule has 34 heavy (non-hydrogen) atoms. The molecule has 180 valence electrons. The summed E-state index contributed by atoms with van der Waals surface area (Å²) in [5.41, 5.74) is 6.16. The van der Waals surface area contributed by atoms with Crippen LogP contribution in [0.4, 0.5) is 5.13 Å². The quantitative estimate of drug-likeness (QED) is 0.274. The molecule has 4 rings (SSSR count). The molecule has 2 saturated heterocycles. The van der Waals surface area contributed by atoms with E-state index >= 15 is 0 Å².